The molecule has 5 rings (SSSR count). The highest BCUT2D eigenvalue weighted by molar-refractivity contribution is 6.07. The molecule has 0 spiro atoms. The fourth-order valence-electron chi connectivity index (χ4n) is 4.73. The molecule has 176 valence electrons. The molecule has 2 aromatic rings. The van der Waals surface area contributed by atoms with Crippen molar-refractivity contribution in [2.45, 2.75) is 31.6 Å². The van der Waals surface area contributed by atoms with Gasteiger partial charge in [-0.3, -0.25) is 14.6 Å². The van der Waals surface area contributed by atoms with Crippen LogP contribution in [0.25, 0.3) is 10.9 Å². The molecule has 0 N–H and O–H groups in total. The largest absolute Gasteiger partial charge is 0.497 e. The summed E-state index contributed by atoms with van der Waals surface area (Å²) in [5.74, 6) is -1.90. The van der Waals surface area contributed by atoms with Crippen molar-refractivity contribution in [3.63, 3.8) is 0 Å². The number of piperazine rings is 1. The molecule has 0 radical (unpaired) electrons. The number of halogens is 2. The lowest BCUT2D eigenvalue weighted by Gasteiger charge is -2.37. The SMILES string of the molecule is COc1ccc2ncc(C(=O)N3CCN(C(=O)C4CC4)CC3)c(N3CCC(F)(F)CC3)c2c1. The number of amides is 2. The van der Waals surface area contributed by atoms with Crippen molar-refractivity contribution < 1.29 is 23.1 Å². The van der Waals surface area contributed by atoms with Crippen LogP contribution in [0.5, 0.6) is 5.75 Å². The Balaban J connectivity index is 1.45. The van der Waals surface area contributed by atoms with Gasteiger partial charge < -0.3 is 19.4 Å². The average Bonchev–Trinajstić information content (AvgIpc) is 3.68. The smallest absolute Gasteiger partial charge is 0.257 e. The zero-order chi connectivity index (χ0) is 23.2. The Morgan fingerprint density at radius 1 is 1.03 bits per heavy atom. The van der Waals surface area contributed by atoms with E-state index in [9.17, 15) is 18.4 Å². The third-order valence-corrected chi connectivity index (χ3v) is 6.89. The van der Waals surface area contributed by atoms with Gasteiger partial charge in [-0.25, -0.2) is 8.78 Å². The number of pyridine rings is 1. The number of anilines is 1. The Bertz CT molecular complexity index is 1070. The number of rotatable bonds is 4. The van der Waals surface area contributed by atoms with E-state index in [2.05, 4.69) is 4.98 Å². The van der Waals surface area contributed by atoms with E-state index in [1.807, 2.05) is 21.9 Å². The van der Waals surface area contributed by atoms with E-state index in [0.717, 1.165) is 12.8 Å². The highest BCUT2D eigenvalue weighted by Crippen LogP contribution is 2.37. The maximum absolute atomic E-state index is 13.9. The summed E-state index contributed by atoms with van der Waals surface area (Å²) >= 11 is 0. The Morgan fingerprint density at radius 3 is 2.33 bits per heavy atom. The molecule has 0 atom stereocenters. The number of piperidine rings is 1. The van der Waals surface area contributed by atoms with Crippen molar-refractivity contribution in [2.75, 3.05) is 51.3 Å². The van der Waals surface area contributed by atoms with Crippen molar-refractivity contribution in [1.29, 1.82) is 0 Å². The zero-order valence-electron chi connectivity index (χ0n) is 18.7. The summed E-state index contributed by atoms with van der Waals surface area (Å²) in [5.41, 5.74) is 1.72. The van der Waals surface area contributed by atoms with Crippen LogP contribution in [0, 0.1) is 5.92 Å². The first-order valence-corrected chi connectivity index (χ1v) is 11.5. The molecule has 3 fully saturated rings. The number of fused-ring (bicyclic) bond motifs is 1. The molecule has 2 amide bonds. The van der Waals surface area contributed by atoms with Crippen LogP contribution in [0.1, 0.15) is 36.0 Å². The molecule has 2 aliphatic heterocycles. The van der Waals surface area contributed by atoms with E-state index < -0.39 is 5.92 Å². The number of hydrogen-bond acceptors (Lipinski definition) is 5. The topological polar surface area (TPSA) is 66.0 Å². The number of aromatic nitrogens is 1. The van der Waals surface area contributed by atoms with E-state index in [4.69, 9.17) is 4.74 Å². The van der Waals surface area contributed by atoms with Crippen LogP contribution in [-0.2, 0) is 4.79 Å². The molecular weight excluding hydrogens is 430 g/mol. The second kappa shape index (κ2) is 8.43. The summed E-state index contributed by atoms with van der Waals surface area (Å²) in [6.07, 6.45) is 2.97. The van der Waals surface area contributed by atoms with Gasteiger partial charge >= 0.3 is 0 Å². The van der Waals surface area contributed by atoms with Crippen LogP contribution in [0.15, 0.2) is 24.4 Å². The van der Waals surface area contributed by atoms with Gasteiger partial charge in [0.15, 0.2) is 0 Å². The van der Waals surface area contributed by atoms with E-state index in [0.29, 0.717) is 54.1 Å². The summed E-state index contributed by atoms with van der Waals surface area (Å²) in [4.78, 5) is 35.9. The highest BCUT2D eigenvalue weighted by atomic mass is 19.3. The molecule has 0 bridgehead atoms. The first kappa shape index (κ1) is 21.9. The quantitative estimate of drug-likeness (QED) is 0.704. The summed E-state index contributed by atoms with van der Waals surface area (Å²) in [7, 11) is 1.56. The molecule has 1 aromatic carbocycles. The molecule has 3 aliphatic rings. The normalized spacial score (nSPS) is 20.8. The zero-order valence-corrected chi connectivity index (χ0v) is 18.7. The predicted molar refractivity (Wildman–Crippen MR) is 120 cm³/mol. The predicted octanol–water partition coefficient (Wildman–Crippen LogP) is 3.17. The molecule has 1 aromatic heterocycles. The van der Waals surface area contributed by atoms with E-state index in [-0.39, 0.29) is 43.7 Å². The molecule has 7 nitrogen and oxygen atoms in total. The van der Waals surface area contributed by atoms with Gasteiger partial charge in [-0.05, 0) is 31.0 Å². The van der Waals surface area contributed by atoms with Crippen molar-refractivity contribution in [3.8, 4) is 5.75 Å². The van der Waals surface area contributed by atoms with E-state index >= 15 is 0 Å². The highest BCUT2D eigenvalue weighted by Gasteiger charge is 2.38. The van der Waals surface area contributed by atoms with Gasteiger partial charge in [0.25, 0.3) is 11.8 Å². The number of benzene rings is 1. The number of nitrogens with zero attached hydrogens (tertiary/aromatic N) is 4. The second-order valence-corrected chi connectivity index (χ2v) is 9.14. The fourth-order valence-corrected chi connectivity index (χ4v) is 4.73. The van der Waals surface area contributed by atoms with Gasteiger partial charge in [-0.2, -0.15) is 0 Å². The van der Waals surface area contributed by atoms with Crippen molar-refractivity contribution in [1.82, 2.24) is 14.8 Å². The molecular formula is C24H28F2N4O3. The van der Waals surface area contributed by atoms with E-state index in [1.165, 1.54) is 0 Å². The number of carbonyl (C=O) groups is 2. The lowest BCUT2D eigenvalue weighted by Crippen LogP contribution is -2.51. The minimum atomic E-state index is -2.69. The summed E-state index contributed by atoms with van der Waals surface area (Å²) in [6.45, 7) is 2.25. The third kappa shape index (κ3) is 4.32. The Kier molecular flexibility index (Phi) is 5.58. The van der Waals surface area contributed by atoms with Crippen LogP contribution >= 0.6 is 0 Å². The number of carbonyl (C=O) groups excluding carboxylic acids is 2. The molecule has 9 heteroatoms. The lowest BCUT2D eigenvalue weighted by molar-refractivity contribution is -0.134. The summed E-state index contributed by atoms with van der Waals surface area (Å²) in [5, 5.41) is 0.716. The monoisotopic (exact) mass is 458 g/mol. The van der Waals surface area contributed by atoms with Gasteiger partial charge in [0, 0.05) is 69.6 Å². The molecule has 2 saturated heterocycles. The number of alkyl halides is 2. The van der Waals surface area contributed by atoms with E-state index in [1.54, 1.807) is 24.3 Å². The number of hydrogen-bond donors (Lipinski definition) is 0. The van der Waals surface area contributed by atoms with Gasteiger partial charge in [0.1, 0.15) is 5.75 Å². The number of methoxy groups -OCH3 is 1. The average molecular weight is 459 g/mol. The molecule has 1 aliphatic carbocycles. The first-order chi connectivity index (χ1) is 15.9. The second-order valence-electron chi connectivity index (χ2n) is 9.14. The standard InChI is InChI=1S/C24H28F2N4O3/c1-33-17-4-5-20-18(14-17)21(28-8-6-24(25,26)7-9-28)19(15-27-20)23(32)30-12-10-29(11-13-30)22(31)16-2-3-16/h4-5,14-16H,2-3,6-13H2,1H3. The van der Waals surface area contributed by atoms with Crippen molar-refractivity contribution in [2.24, 2.45) is 5.92 Å². The Morgan fingerprint density at radius 2 is 1.70 bits per heavy atom. The number of ether oxygens (including phenoxy) is 1. The first-order valence-electron chi connectivity index (χ1n) is 11.5. The van der Waals surface area contributed by atoms with Crippen LogP contribution in [0.3, 0.4) is 0 Å². The maximum Gasteiger partial charge on any atom is 0.257 e. The fraction of sp³-hybridized carbons (Fsp3) is 0.542. The van der Waals surface area contributed by atoms with Gasteiger partial charge in [0.05, 0.1) is 23.9 Å². The maximum atomic E-state index is 13.9. The van der Waals surface area contributed by atoms with Crippen LogP contribution in [-0.4, -0.2) is 78.9 Å². The summed E-state index contributed by atoms with van der Waals surface area (Å²) in [6, 6.07) is 5.42. The van der Waals surface area contributed by atoms with Crippen molar-refractivity contribution >= 4 is 28.4 Å². The Labute approximate surface area is 191 Å². The van der Waals surface area contributed by atoms with Gasteiger partial charge in [-0.1, -0.05) is 0 Å². The minimum absolute atomic E-state index is 0.160. The molecule has 33 heavy (non-hydrogen) atoms. The summed E-state index contributed by atoms with van der Waals surface area (Å²) < 4.78 is 33.1. The molecule has 3 heterocycles. The Hall–Kier alpha value is -2.97. The lowest BCUT2D eigenvalue weighted by atomic mass is 10.0. The van der Waals surface area contributed by atoms with Gasteiger partial charge in [0.2, 0.25) is 5.91 Å². The van der Waals surface area contributed by atoms with Crippen LogP contribution < -0.4 is 9.64 Å². The molecule has 1 saturated carbocycles. The van der Waals surface area contributed by atoms with Crippen molar-refractivity contribution in [3.05, 3.63) is 30.0 Å². The van der Waals surface area contributed by atoms with Gasteiger partial charge in [-0.15, -0.1) is 0 Å². The van der Waals surface area contributed by atoms with Crippen LogP contribution in [0.2, 0.25) is 0 Å². The molecule has 0 unspecified atom stereocenters. The van der Waals surface area contributed by atoms with Crippen LogP contribution in [0.4, 0.5) is 14.5 Å². The minimum Gasteiger partial charge on any atom is -0.497 e. The third-order valence-electron chi connectivity index (χ3n) is 6.89.